The maximum Gasteiger partial charge on any atom is 0.0226 e. The van der Waals surface area contributed by atoms with Gasteiger partial charge in [0.15, 0.2) is 0 Å². The Kier molecular flexibility index (Phi) is 4.22. The van der Waals surface area contributed by atoms with Crippen LogP contribution in [-0.2, 0) is 0 Å². The van der Waals surface area contributed by atoms with Crippen molar-refractivity contribution >= 4 is 0 Å². The second-order valence-electron chi connectivity index (χ2n) is 6.53. The molecule has 0 amide bonds. The van der Waals surface area contributed by atoms with Crippen LogP contribution in [0, 0.1) is 5.92 Å². The van der Waals surface area contributed by atoms with Crippen molar-refractivity contribution in [3.05, 3.63) is 0 Å². The summed E-state index contributed by atoms with van der Waals surface area (Å²) in [4.78, 5) is 5.29. The van der Waals surface area contributed by atoms with Crippen molar-refractivity contribution in [3.8, 4) is 0 Å². The average molecular weight is 251 g/mol. The third kappa shape index (κ3) is 2.89. The van der Waals surface area contributed by atoms with Crippen LogP contribution >= 0.6 is 0 Å². The number of rotatable bonds is 4. The molecule has 4 fully saturated rings. The van der Waals surface area contributed by atoms with Gasteiger partial charge in [0.05, 0.1) is 0 Å². The third-order valence-electron chi connectivity index (χ3n) is 5.23. The van der Waals surface area contributed by atoms with Gasteiger partial charge in [0.1, 0.15) is 0 Å². The van der Waals surface area contributed by atoms with E-state index in [1.807, 2.05) is 0 Å². The number of fused-ring (bicyclic) bond motifs is 3. The van der Waals surface area contributed by atoms with Crippen molar-refractivity contribution in [2.75, 3.05) is 39.3 Å². The van der Waals surface area contributed by atoms with Crippen LogP contribution in [0.25, 0.3) is 0 Å². The Balaban J connectivity index is 1.44. The highest BCUT2D eigenvalue weighted by Crippen LogP contribution is 2.28. The zero-order chi connectivity index (χ0) is 12.4. The lowest BCUT2D eigenvalue weighted by Crippen LogP contribution is -2.59. The van der Waals surface area contributed by atoms with Gasteiger partial charge in [0, 0.05) is 18.6 Å². The lowest BCUT2D eigenvalue weighted by Gasteiger charge is -2.47. The Hall–Kier alpha value is -0.120. The van der Waals surface area contributed by atoms with Gasteiger partial charge in [-0.25, -0.2) is 0 Å². The van der Waals surface area contributed by atoms with E-state index in [1.165, 1.54) is 71.4 Å². The Bertz CT molecular complexity index is 252. The molecule has 0 aliphatic carbocycles. The van der Waals surface area contributed by atoms with Gasteiger partial charge in [-0.15, -0.1) is 0 Å². The van der Waals surface area contributed by atoms with Crippen molar-refractivity contribution < 1.29 is 0 Å². The second kappa shape index (κ2) is 5.89. The lowest BCUT2D eigenvalue weighted by molar-refractivity contribution is 0.0602. The Morgan fingerprint density at radius 3 is 2.28 bits per heavy atom. The van der Waals surface area contributed by atoms with Gasteiger partial charge in [-0.3, -0.25) is 0 Å². The molecular weight excluding hydrogens is 222 g/mol. The Labute approximate surface area is 112 Å². The molecule has 0 aromatic heterocycles. The molecule has 0 aromatic carbocycles. The average Bonchev–Trinajstić information content (AvgIpc) is 2.43. The minimum Gasteiger partial charge on any atom is -0.310 e. The zero-order valence-corrected chi connectivity index (χ0v) is 11.9. The molecule has 4 rings (SSSR count). The van der Waals surface area contributed by atoms with E-state index < -0.39 is 0 Å². The van der Waals surface area contributed by atoms with Crippen LogP contribution in [0.4, 0.5) is 0 Å². The summed E-state index contributed by atoms with van der Waals surface area (Å²) in [5, 5.41) is 3.98. The summed E-state index contributed by atoms with van der Waals surface area (Å²) in [7, 11) is 0. The molecule has 0 saturated carbocycles. The first-order valence-electron chi connectivity index (χ1n) is 8.06. The molecular formula is C15H29N3. The first-order valence-corrected chi connectivity index (χ1v) is 8.06. The minimum absolute atomic E-state index is 0.795. The molecule has 4 heterocycles. The molecule has 2 bridgehead atoms. The molecule has 4 saturated heterocycles. The van der Waals surface area contributed by atoms with Gasteiger partial charge in [0.25, 0.3) is 0 Å². The van der Waals surface area contributed by atoms with Gasteiger partial charge in [-0.05, 0) is 70.7 Å². The first kappa shape index (κ1) is 12.9. The van der Waals surface area contributed by atoms with Gasteiger partial charge in [0.2, 0.25) is 0 Å². The number of piperidine rings is 4. The summed E-state index contributed by atoms with van der Waals surface area (Å²) in [5.41, 5.74) is 0. The van der Waals surface area contributed by atoms with Crippen molar-refractivity contribution in [3.63, 3.8) is 0 Å². The Morgan fingerprint density at radius 2 is 1.72 bits per heavy atom. The fraction of sp³-hybridized carbons (Fsp3) is 1.00. The first-order chi connectivity index (χ1) is 8.85. The predicted molar refractivity (Wildman–Crippen MR) is 75.8 cm³/mol. The highest BCUT2D eigenvalue weighted by molar-refractivity contribution is 4.93. The molecule has 104 valence electrons. The van der Waals surface area contributed by atoms with Crippen LogP contribution in [-0.4, -0.2) is 61.2 Å². The largest absolute Gasteiger partial charge is 0.310 e. The van der Waals surface area contributed by atoms with Crippen molar-refractivity contribution in [1.82, 2.24) is 15.1 Å². The fourth-order valence-electron chi connectivity index (χ4n) is 4.10. The quantitative estimate of drug-likeness (QED) is 0.818. The molecule has 3 heteroatoms. The van der Waals surface area contributed by atoms with Crippen LogP contribution in [0.5, 0.6) is 0 Å². The number of nitrogens with one attached hydrogen (secondary N) is 1. The molecule has 1 atom stereocenters. The van der Waals surface area contributed by atoms with Gasteiger partial charge in [-0.2, -0.15) is 0 Å². The standard InChI is InChI=1S/C15H29N3/c1-2-7-17-10-5-14(6-11-17)16-15-12-18-8-3-13(15)4-9-18/h13-16H,2-12H2,1H3. The monoisotopic (exact) mass is 251 g/mol. The molecule has 0 aromatic rings. The maximum atomic E-state index is 3.98. The van der Waals surface area contributed by atoms with E-state index in [1.54, 1.807) is 0 Å². The van der Waals surface area contributed by atoms with E-state index in [0.717, 1.165) is 18.0 Å². The number of nitrogens with zero attached hydrogens (tertiary/aromatic N) is 2. The van der Waals surface area contributed by atoms with E-state index in [2.05, 4.69) is 22.0 Å². The summed E-state index contributed by atoms with van der Waals surface area (Å²) < 4.78 is 0. The highest BCUT2D eigenvalue weighted by atomic mass is 15.2. The molecule has 1 N–H and O–H groups in total. The smallest absolute Gasteiger partial charge is 0.0226 e. The molecule has 4 aliphatic heterocycles. The summed E-state index contributed by atoms with van der Waals surface area (Å²) in [6, 6.07) is 1.60. The topological polar surface area (TPSA) is 18.5 Å². The van der Waals surface area contributed by atoms with E-state index >= 15 is 0 Å². The van der Waals surface area contributed by atoms with Crippen LogP contribution < -0.4 is 5.32 Å². The summed E-state index contributed by atoms with van der Waals surface area (Å²) >= 11 is 0. The van der Waals surface area contributed by atoms with Crippen molar-refractivity contribution in [2.45, 2.75) is 51.1 Å². The number of hydrogen-bond acceptors (Lipinski definition) is 3. The van der Waals surface area contributed by atoms with E-state index in [0.29, 0.717) is 0 Å². The SMILES string of the molecule is CCCN1CCC(NC2CN3CCC2CC3)CC1. The van der Waals surface area contributed by atoms with Crippen LogP contribution in [0.15, 0.2) is 0 Å². The zero-order valence-electron chi connectivity index (χ0n) is 11.9. The van der Waals surface area contributed by atoms with Gasteiger partial charge in [-0.1, -0.05) is 6.92 Å². The summed E-state index contributed by atoms with van der Waals surface area (Å²) in [5.74, 6) is 0.976. The third-order valence-corrected chi connectivity index (χ3v) is 5.23. The second-order valence-corrected chi connectivity index (χ2v) is 6.53. The summed E-state index contributed by atoms with van der Waals surface area (Å²) in [6.07, 6.45) is 6.91. The predicted octanol–water partition coefficient (Wildman–Crippen LogP) is 1.54. The molecule has 4 aliphatic rings. The molecule has 0 radical (unpaired) electrons. The van der Waals surface area contributed by atoms with Gasteiger partial charge < -0.3 is 15.1 Å². The van der Waals surface area contributed by atoms with E-state index in [9.17, 15) is 0 Å². The van der Waals surface area contributed by atoms with Gasteiger partial charge >= 0.3 is 0 Å². The number of likely N-dealkylation sites (tertiary alicyclic amines) is 1. The van der Waals surface area contributed by atoms with Crippen LogP contribution in [0.2, 0.25) is 0 Å². The van der Waals surface area contributed by atoms with Crippen molar-refractivity contribution in [1.29, 1.82) is 0 Å². The molecule has 18 heavy (non-hydrogen) atoms. The lowest BCUT2D eigenvalue weighted by atomic mass is 9.83. The highest BCUT2D eigenvalue weighted by Gasteiger charge is 2.35. The maximum absolute atomic E-state index is 3.98. The normalized spacial score (nSPS) is 38.2. The number of hydrogen-bond donors (Lipinski definition) is 1. The summed E-state index contributed by atoms with van der Waals surface area (Å²) in [6.45, 7) is 10.2. The van der Waals surface area contributed by atoms with E-state index in [4.69, 9.17) is 0 Å². The van der Waals surface area contributed by atoms with Crippen LogP contribution in [0.1, 0.15) is 39.0 Å². The molecule has 3 nitrogen and oxygen atoms in total. The van der Waals surface area contributed by atoms with Crippen LogP contribution in [0.3, 0.4) is 0 Å². The minimum atomic E-state index is 0.795. The van der Waals surface area contributed by atoms with E-state index in [-0.39, 0.29) is 0 Å². The molecule has 1 unspecified atom stereocenters. The fourth-order valence-corrected chi connectivity index (χ4v) is 4.10. The Morgan fingerprint density at radius 1 is 1.00 bits per heavy atom. The van der Waals surface area contributed by atoms with Crippen molar-refractivity contribution in [2.24, 2.45) is 5.92 Å². The molecule has 0 spiro atoms.